The molecule has 0 fully saturated rings. The fraction of sp³-hybridized carbons (Fsp3) is 0.400. The van der Waals surface area contributed by atoms with Crippen LogP contribution in [0, 0.1) is 13.8 Å². The van der Waals surface area contributed by atoms with Gasteiger partial charge < -0.3 is 14.6 Å². The van der Waals surface area contributed by atoms with Crippen molar-refractivity contribution >= 4 is 17.4 Å². The van der Waals surface area contributed by atoms with Gasteiger partial charge in [0.15, 0.2) is 5.78 Å². The normalized spacial score (nSPS) is 11.3. The van der Waals surface area contributed by atoms with Crippen molar-refractivity contribution < 1.29 is 14.3 Å². The van der Waals surface area contributed by atoms with Crippen LogP contribution >= 0.6 is 0 Å². The van der Waals surface area contributed by atoms with Crippen molar-refractivity contribution in [2.24, 2.45) is 0 Å². The number of rotatable bonds is 5. The maximum Gasteiger partial charge on any atom is 0.337 e. The predicted molar refractivity (Wildman–Crippen MR) is 99.5 cm³/mol. The van der Waals surface area contributed by atoms with Crippen molar-refractivity contribution in [2.45, 2.75) is 40.2 Å². The highest BCUT2D eigenvalue weighted by atomic mass is 16.5. The highest BCUT2D eigenvalue weighted by Crippen LogP contribution is 2.24. The minimum atomic E-state index is -0.378. The van der Waals surface area contributed by atoms with Gasteiger partial charge in [0.25, 0.3) is 0 Å². The van der Waals surface area contributed by atoms with Gasteiger partial charge in [-0.05, 0) is 65.0 Å². The Balaban J connectivity index is 2.10. The summed E-state index contributed by atoms with van der Waals surface area (Å²) in [6.45, 7) is 10.6. The van der Waals surface area contributed by atoms with E-state index in [-0.39, 0.29) is 23.8 Å². The molecule has 1 N–H and O–H groups in total. The molecule has 1 heterocycles. The summed E-state index contributed by atoms with van der Waals surface area (Å²) in [5, 5.41) is 3.11. The van der Waals surface area contributed by atoms with Crippen LogP contribution in [0.4, 0.5) is 5.69 Å². The molecular weight excluding hydrogens is 316 g/mol. The van der Waals surface area contributed by atoms with Crippen molar-refractivity contribution in [3.05, 3.63) is 52.8 Å². The third kappa shape index (κ3) is 4.10. The summed E-state index contributed by atoms with van der Waals surface area (Å²) in [5.74, 6) is -0.335. The first-order valence-electron chi connectivity index (χ1n) is 8.30. The smallest absolute Gasteiger partial charge is 0.337 e. The number of nitrogens with one attached hydrogen (secondary N) is 1. The van der Waals surface area contributed by atoms with Crippen molar-refractivity contribution in [3.8, 4) is 0 Å². The number of methoxy groups -OCH3 is 1. The lowest BCUT2D eigenvalue weighted by atomic mass is 10.1. The number of nitrogens with zero attached hydrogens (tertiary/aromatic N) is 1. The predicted octanol–water partition coefficient (Wildman–Crippen LogP) is 3.94. The summed E-state index contributed by atoms with van der Waals surface area (Å²) < 4.78 is 6.86. The maximum absolute atomic E-state index is 12.6. The van der Waals surface area contributed by atoms with E-state index in [0.717, 1.165) is 22.6 Å². The van der Waals surface area contributed by atoms with E-state index in [1.165, 1.54) is 7.11 Å². The van der Waals surface area contributed by atoms with Crippen molar-refractivity contribution in [3.63, 3.8) is 0 Å². The average molecular weight is 342 g/mol. The summed E-state index contributed by atoms with van der Waals surface area (Å²) in [7, 11) is 1.35. The molecular formula is C20H26N2O3. The van der Waals surface area contributed by atoms with Crippen LogP contribution in [0.1, 0.15) is 52.9 Å². The van der Waals surface area contributed by atoms with Gasteiger partial charge in [0.2, 0.25) is 0 Å². The molecule has 0 aliphatic carbocycles. The molecule has 0 aliphatic rings. The van der Waals surface area contributed by atoms with Gasteiger partial charge in [-0.25, -0.2) is 4.79 Å². The van der Waals surface area contributed by atoms with Gasteiger partial charge in [-0.2, -0.15) is 0 Å². The molecule has 1 aromatic carbocycles. The number of anilines is 1. The van der Waals surface area contributed by atoms with Gasteiger partial charge in [0.1, 0.15) is 0 Å². The summed E-state index contributed by atoms with van der Waals surface area (Å²) >= 11 is 0. The number of hydrogen-bond donors (Lipinski definition) is 1. The molecule has 0 saturated heterocycles. The second-order valence-electron chi connectivity index (χ2n) is 7.14. The number of ketones is 1. The van der Waals surface area contributed by atoms with E-state index in [0.29, 0.717) is 5.56 Å². The van der Waals surface area contributed by atoms with Crippen LogP contribution in [0.5, 0.6) is 0 Å². The topological polar surface area (TPSA) is 60.3 Å². The summed E-state index contributed by atoms with van der Waals surface area (Å²) in [4.78, 5) is 24.0. The number of aryl methyl sites for hydroxylation is 1. The number of hydrogen-bond acceptors (Lipinski definition) is 4. The number of ether oxygens (including phenoxy) is 1. The van der Waals surface area contributed by atoms with Gasteiger partial charge in [-0.3, -0.25) is 4.79 Å². The Morgan fingerprint density at radius 2 is 1.72 bits per heavy atom. The molecule has 25 heavy (non-hydrogen) atoms. The number of carbonyl (C=O) groups is 2. The second kappa shape index (κ2) is 7.13. The lowest BCUT2D eigenvalue weighted by Crippen LogP contribution is -2.24. The van der Waals surface area contributed by atoms with Crippen LogP contribution in [0.25, 0.3) is 0 Å². The number of carbonyl (C=O) groups excluding carboxylic acids is 2. The SMILES string of the molecule is COC(=O)c1ccc(NCC(=O)c2cc(C)n(C(C)(C)C)c2C)cc1. The van der Waals surface area contributed by atoms with E-state index in [1.54, 1.807) is 24.3 Å². The number of aromatic nitrogens is 1. The van der Waals surface area contributed by atoms with Gasteiger partial charge >= 0.3 is 5.97 Å². The Hall–Kier alpha value is -2.56. The molecule has 0 amide bonds. The first-order valence-corrected chi connectivity index (χ1v) is 8.30. The monoisotopic (exact) mass is 342 g/mol. The molecule has 1 aromatic heterocycles. The summed E-state index contributed by atoms with van der Waals surface area (Å²) in [5.41, 5.74) is 4.00. The third-order valence-electron chi connectivity index (χ3n) is 4.16. The molecule has 2 aromatic rings. The van der Waals surface area contributed by atoms with Gasteiger partial charge in [-0.15, -0.1) is 0 Å². The second-order valence-corrected chi connectivity index (χ2v) is 7.14. The summed E-state index contributed by atoms with van der Waals surface area (Å²) in [6.07, 6.45) is 0. The van der Waals surface area contributed by atoms with Crippen LogP contribution in [-0.4, -0.2) is 30.0 Å². The highest BCUT2D eigenvalue weighted by Gasteiger charge is 2.22. The number of esters is 1. The van der Waals surface area contributed by atoms with Crippen LogP contribution in [0.15, 0.2) is 30.3 Å². The Kier molecular flexibility index (Phi) is 5.36. The van der Waals surface area contributed by atoms with Crippen molar-refractivity contribution in [2.75, 3.05) is 19.0 Å². The maximum atomic E-state index is 12.6. The Labute approximate surface area is 149 Å². The quantitative estimate of drug-likeness (QED) is 0.660. The molecule has 0 unspecified atom stereocenters. The van der Waals surface area contributed by atoms with E-state index in [4.69, 9.17) is 0 Å². The first kappa shape index (κ1) is 18.8. The Morgan fingerprint density at radius 1 is 1.12 bits per heavy atom. The molecule has 134 valence electrons. The Morgan fingerprint density at radius 3 is 2.20 bits per heavy atom. The molecule has 5 nitrogen and oxygen atoms in total. The minimum Gasteiger partial charge on any atom is -0.465 e. The molecule has 0 atom stereocenters. The van der Waals surface area contributed by atoms with E-state index >= 15 is 0 Å². The molecule has 0 bridgehead atoms. The fourth-order valence-corrected chi connectivity index (χ4v) is 3.20. The fourth-order valence-electron chi connectivity index (χ4n) is 3.20. The third-order valence-corrected chi connectivity index (χ3v) is 4.16. The zero-order chi connectivity index (χ0) is 18.8. The Bertz CT molecular complexity index is 781. The van der Waals surface area contributed by atoms with E-state index in [9.17, 15) is 9.59 Å². The largest absolute Gasteiger partial charge is 0.465 e. The van der Waals surface area contributed by atoms with Crippen LogP contribution in [-0.2, 0) is 10.3 Å². The van der Waals surface area contributed by atoms with E-state index < -0.39 is 0 Å². The zero-order valence-electron chi connectivity index (χ0n) is 15.8. The summed E-state index contributed by atoms with van der Waals surface area (Å²) in [6, 6.07) is 8.81. The van der Waals surface area contributed by atoms with E-state index in [2.05, 4.69) is 35.4 Å². The molecule has 0 radical (unpaired) electrons. The number of Topliss-reactive ketones (excluding diaryl/α,β-unsaturated/α-hetero) is 1. The number of benzene rings is 1. The highest BCUT2D eigenvalue weighted by molar-refractivity contribution is 6.00. The lowest BCUT2D eigenvalue weighted by molar-refractivity contribution is 0.0600. The zero-order valence-corrected chi connectivity index (χ0v) is 15.8. The molecule has 0 aliphatic heterocycles. The first-order chi connectivity index (χ1) is 11.6. The van der Waals surface area contributed by atoms with Gasteiger partial charge in [0, 0.05) is 28.2 Å². The van der Waals surface area contributed by atoms with Crippen molar-refractivity contribution in [1.29, 1.82) is 0 Å². The van der Waals surface area contributed by atoms with Gasteiger partial charge in [-0.1, -0.05) is 0 Å². The van der Waals surface area contributed by atoms with Crippen LogP contribution < -0.4 is 5.32 Å². The minimum absolute atomic E-state index is 0.0423. The van der Waals surface area contributed by atoms with Crippen molar-refractivity contribution in [1.82, 2.24) is 4.57 Å². The molecule has 0 spiro atoms. The molecule has 5 heteroatoms. The standard InChI is InChI=1S/C20H26N2O3/c1-13-11-17(14(2)22(13)20(3,4)5)18(23)12-21-16-9-7-15(8-10-16)19(24)25-6/h7-11,21H,12H2,1-6H3. The van der Waals surface area contributed by atoms with Crippen LogP contribution in [0.3, 0.4) is 0 Å². The lowest BCUT2D eigenvalue weighted by Gasteiger charge is -2.25. The average Bonchev–Trinajstić information content (AvgIpc) is 2.87. The molecule has 2 rings (SSSR count). The molecule has 0 saturated carbocycles. The van der Waals surface area contributed by atoms with Gasteiger partial charge in [0.05, 0.1) is 19.2 Å². The van der Waals surface area contributed by atoms with Crippen LogP contribution in [0.2, 0.25) is 0 Å². The van der Waals surface area contributed by atoms with E-state index in [1.807, 2.05) is 19.9 Å².